The molecule has 2 bridgehead atoms. The van der Waals surface area contributed by atoms with Gasteiger partial charge in [-0.3, -0.25) is 9.89 Å². The summed E-state index contributed by atoms with van der Waals surface area (Å²) in [6.07, 6.45) is 5.00. The Labute approximate surface area is 192 Å². The van der Waals surface area contributed by atoms with E-state index in [1.54, 1.807) is 0 Å². The fraction of sp³-hybridized carbons (Fsp3) is 0.478. The van der Waals surface area contributed by atoms with Crippen LogP contribution in [-0.2, 0) is 4.79 Å². The van der Waals surface area contributed by atoms with Crippen molar-refractivity contribution in [2.45, 2.75) is 44.1 Å². The number of hydrogen-bond donors (Lipinski definition) is 3. The summed E-state index contributed by atoms with van der Waals surface area (Å²) in [6, 6.07) is 2.93. The first-order chi connectivity index (χ1) is 16.4. The van der Waals surface area contributed by atoms with E-state index >= 15 is 4.39 Å². The van der Waals surface area contributed by atoms with Gasteiger partial charge in [0.1, 0.15) is 11.5 Å². The summed E-state index contributed by atoms with van der Waals surface area (Å²) < 4.78 is 29.5. The van der Waals surface area contributed by atoms with Crippen LogP contribution < -0.4 is 5.32 Å². The number of aromatic amines is 1. The summed E-state index contributed by atoms with van der Waals surface area (Å²) in [5.74, 6) is -3.40. The molecule has 0 spiro atoms. The van der Waals surface area contributed by atoms with Gasteiger partial charge in [-0.05, 0) is 50.0 Å². The van der Waals surface area contributed by atoms with Crippen LogP contribution in [0.5, 0.6) is 0 Å². The van der Waals surface area contributed by atoms with Gasteiger partial charge in [0.05, 0.1) is 35.2 Å². The predicted octanol–water partition coefficient (Wildman–Crippen LogP) is 3.62. The second kappa shape index (κ2) is 7.68. The Bertz CT molecular complexity index is 1350. The van der Waals surface area contributed by atoms with Crippen molar-refractivity contribution in [1.82, 2.24) is 25.1 Å². The highest BCUT2D eigenvalue weighted by Crippen LogP contribution is 2.49. The van der Waals surface area contributed by atoms with Gasteiger partial charge in [-0.25, -0.2) is 23.7 Å². The Morgan fingerprint density at radius 2 is 1.97 bits per heavy atom. The Hall–Kier alpha value is -3.68. The van der Waals surface area contributed by atoms with Crippen molar-refractivity contribution >= 4 is 22.8 Å². The van der Waals surface area contributed by atoms with Crippen LogP contribution in [0.3, 0.4) is 0 Å². The van der Waals surface area contributed by atoms with Crippen LogP contribution >= 0.6 is 0 Å². The Balaban J connectivity index is 1.46. The summed E-state index contributed by atoms with van der Waals surface area (Å²) in [5.41, 5.74) is 0.630. The lowest BCUT2D eigenvalue weighted by atomic mass is 9.61. The first-order valence-electron chi connectivity index (χ1n) is 11.4. The average Bonchev–Trinajstić information content (AvgIpc) is 3.51. The van der Waals surface area contributed by atoms with Crippen molar-refractivity contribution in [2.75, 3.05) is 5.32 Å². The topological polar surface area (TPSA) is 140 Å². The van der Waals surface area contributed by atoms with Crippen LogP contribution in [0.1, 0.15) is 43.7 Å². The SMILES string of the molecule is N#CC1CC1c1nc(-c2n[nH]c3ncc(F)cc23)nc(NC2C3CCC(CC3)C2C(=O)O)c1F. The molecule has 0 amide bonds. The molecule has 11 heteroatoms. The third-order valence-corrected chi connectivity index (χ3v) is 7.59. The van der Waals surface area contributed by atoms with Gasteiger partial charge in [0.15, 0.2) is 23.1 Å². The lowest BCUT2D eigenvalue weighted by molar-refractivity contribution is -0.148. The molecule has 0 aliphatic heterocycles. The fourth-order valence-corrected chi connectivity index (χ4v) is 5.77. The number of hydrogen-bond acceptors (Lipinski definition) is 7. The number of nitrogens with one attached hydrogen (secondary N) is 2. The maximum atomic E-state index is 15.7. The number of aliphatic carboxylic acids is 1. The van der Waals surface area contributed by atoms with E-state index in [-0.39, 0.29) is 46.7 Å². The summed E-state index contributed by atoms with van der Waals surface area (Å²) >= 11 is 0. The minimum absolute atomic E-state index is 0.0413. The monoisotopic (exact) mass is 465 g/mol. The third-order valence-electron chi connectivity index (χ3n) is 7.59. The van der Waals surface area contributed by atoms with E-state index in [9.17, 15) is 19.6 Å². The fourth-order valence-electron chi connectivity index (χ4n) is 5.77. The van der Waals surface area contributed by atoms with Crippen molar-refractivity contribution in [3.05, 3.63) is 29.6 Å². The number of fused-ring (bicyclic) bond motifs is 4. The minimum atomic E-state index is -0.895. The molecule has 34 heavy (non-hydrogen) atoms. The zero-order valence-corrected chi connectivity index (χ0v) is 18.0. The second-order valence-corrected chi connectivity index (χ2v) is 9.50. The molecule has 3 heterocycles. The van der Waals surface area contributed by atoms with Gasteiger partial charge in [0, 0.05) is 12.0 Å². The number of anilines is 1. The van der Waals surface area contributed by atoms with Gasteiger partial charge in [0.25, 0.3) is 0 Å². The van der Waals surface area contributed by atoms with Gasteiger partial charge in [0.2, 0.25) is 0 Å². The van der Waals surface area contributed by atoms with E-state index in [4.69, 9.17) is 0 Å². The smallest absolute Gasteiger partial charge is 0.308 e. The van der Waals surface area contributed by atoms with Crippen molar-refractivity contribution in [3.63, 3.8) is 0 Å². The van der Waals surface area contributed by atoms with Crippen LogP contribution in [0.25, 0.3) is 22.6 Å². The summed E-state index contributed by atoms with van der Waals surface area (Å²) in [6.45, 7) is 0. The van der Waals surface area contributed by atoms with Gasteiger partial charge in [-0.2, -0.15) is 10.4 Å². The minimum Gasteiger partial charge on any atom is -0.481 e. The number of nitriles is 1. The van der Waals surface area contributed by atoms with Crippen LogP contribution in [0.4, 0.5) is 14.6 Å². The number of H-pyrrole nitrogens is 1. The molecule has 4 unspecified atom stereocenters. The van der Waals surface area contributed by atoms with Crippen LogP contribution in [0, 0.1) is 46.6 Å². The van der Waals surface area contributed by atoms with Gasteiger partial charge >= 0.3 is 5.97 Å². The van der Waals surface area contributed by atoms with E-state index in [1.165, 1.54) is 6.07 Å². The number of rotatable bonds is 5. The molecule has 4 aliphatic rings. The Morgan fingerprint density at radius 3 is 2.68 bits per heavy atom. The molecular weight excluding hydrogens is 444 g/mol. The van der Waals surface area contributed by atoms with E-state index in [0.29, 0.717) is 17.5 Å². The molecule has 174 valence electrons. The molecule has 3 aromatic rings. The lowest BCUT2D eigenvalue weighted by Crippen LogP contribution is -2.51. The van der Waals surface area contributed by atoms with Crippen LogP contribution in [0.15, 0.2) is 12.3 Å². The molecule has 4 aliphatic carbocycles. The van der Waals surface area contributed by atoms with E-state index in [1.807, 2.05) is 0 Å². The van der Waals surface area contributed by atoms with Crippen molar-refractivity contribution < 1.29 is 18.7 Å². The lowest BCUT2D eigenvalue weighted by Gasteiger charge is -2.47. The van der Waals surface area contributed by atoms with Gasteiger partial charge < -0.3 is 10.4 Å². The summed E-state index contributed by atoms with van der Waals surface area (Å²) in [4.78, 5) is 24.8. The Kier molecular flexibility index (Phi) is 4.72. The molecule has 4 saturated carbocycles. The van der Waals surface area contributed by atoms with Crippen molar-refractivity contribution in [1.29, 1.82) is 5.26 Å². The van der Waals surface area contributed by atoms with Crippen LogP contribution in [0.2, 0.25) is 0 Å². The molecule has 7 rings (SSSR count). The number of halogens is 2. The molecule has 0 saturated heterocycles. The van der Waals surface area contributed by atoms with E-state index in [0.717, 1.165) is 31.9 Å². The molecular formula is C23H21F2N7O2. The highest BCUT2D eigenvalue weighted by molar-refractivity contribution is 5.88. The second-order valence-electron chi connectivity index (χ2n) is 9.50. The molecule has 4 atom stereocenters. The zero-order chi connectivity index (χ0) is 23.6. The number of pyridine rings is 1. The van der Waals surface area contributed by atoms with E-state index < -0.39 is 29.6 Å². The largest absolute Gasteiger partial charge is 0.481 e. The number of nitrogens with zero attached hydrogens (tertiary/aromatic N) is 5. The van der Waals surface area contributed by atoms with Crippen molar-refractivity contribution in [2.24, 2.45) is 23.7 Å². The normalized spacial score (nSPS) is 29.7. The maximum absolute atomic E-state index is 15.7. The molecule has 9 nitrogen and oxygen atoms in total. The molecule has 3 aromatic heterocycles. The molecule has 3 N–H and O–H groups in total. The highest BCUT2D eigenvalue weighted by Gasteiger charge is 2.48. The maximum Gasteiger partial charge on any atom is 0.308 e. The first-order valence-corrected chi connectivity index (χ1v) is 11.4. The number of carboxylic acids is 1. The summed E-state index contributed by atoms with van der Waals surface area (Å²) in [7, 11) is 0. The van der Waals surface area contributed by atoms with E-state index in [2.05, 4.69) is 36.5 Å². The van der Waals surface area contributed by atoms with Crippen LogP contribution in [-0.4, -0.2) is 42.3 Å². The summed E-state index contributed by atoms with van der Waals surface area (Å²) in [5, 5.41) is 29.5. The van der Waals surface area contributed by atoms with Crippen molar-refractivity contribution in [3.8, 4) is 17.6 Å². The van der Waals surface area contributed by atoms with Gasteiger partial charge in [-0.15, -0.1) is 0 Å². The predicted molar refractivity (Wildman–Crippen MR) is 115 cm³/mol. The quantitative estimate of drug-likeness (QED) is 0.519. The highest BCUT2D eigenvalue weighted by atomic mass is 19.1. The third kappa shape index (κ3) is 3.28. The molecule has 0 radical (unpaired) electrons. The zero-order valence-electron chi connectivity index (χ0n) is 18.0. The standard InChI is InChI=1S/C23H21F2N7O2/c24-12-6-14-19(31-32-20(14)27-8-12)22-29-18(13-5-11(13)7-26)16(25)21(30-22)28-17-10-3-1-9(2-4-10)15(17)23(33)34/h6,8-11,13,15,17H,1-5H2,(H,33,34)(H,27,31,32)(H,28,29,30). The first kappa shape index (κ1) is 20.9. The molecule has 4 fully saturated rings. The Morgan fingerprint density at radius 1 is 1.21 bits per heavy atom. The van der Waals surface area contributed by atoms with Gasteiger partial charge in [-0.1, -0.05) is 0 Å². The number of aromatic nitrogens is 5. The molecule has 0 aromatic carbocycles. The number of carboxylic acid groups (broad SMARTS) is 1. The number of carbonyl (C=O) groups is 1. The average molecular weight is 465 g/mol.